The molecule has 1 unspecified atom stereocenters. The van der Waals surface area contributed by atoms with Crippen molar-refractivity contribution in [1.82, 2.24) is 0 Å². The van der Waals surface area contributed by atoms with Gasteiger partial charge in [0.1, 0.15) is 11.6 Å². The maximum Gasteiger partial charge on any atom is 0.139 e. The van der Waals surface area contributed by atoms with E-state index in [4.69, 9.17) is 5.73 Å². The van der Waals surface area contributed by atoms with Crippen molar-refractivity contribution in [2.24, 2.45) is 0 Å². The van der Waals surface area contributed by atoms with Crippen molar-refractivity contribution in [3.05, 3.63) is 58.1 Å². The molecule has 0 fully saturated rings. The fourth-order valence-corrected chi connectivity index (χ4v) is 3.18. The van der Waals surface area contributed by atoms with Gasteiger partial charge in [-0.05, 0) is 35.9 Å². The quantitative estimate of drug-likeness (QED) is 0.863. The SMILES string of the molecule is Nc1cc(Br)ccc1CS(=O)c1cc(F)ccc1F. The maximum atomic E-state index is 13.5. The summed E-state index contributed by atoms with van der Waals surface area (Å²) in [4.78, 5) is -0.151. The fourth-order valence-electron chi connectivity index (χ4n) is 1.57. The lowest BCUT2D eigenvalue weighted by molar-refractivity contribution is 0.572. The Morgan fingerprint density at radius 3 is 2.58 bits per heavy atom. The van der Waals surface area contributed by atoms with Crippen LogP contribution in [0.3, 0.4) is 0 Å². The summed E-state index contributed by atoms with van der Waals surface area (Å²) >= 11 is 3.26. The topological polar surface area (TPSA) is 43.1 Å². The number of hydrogen-bond acceptors (Lipinski definition) is 2. The largest absolute Gasteiger partial charge is 0.398 e. The Hall–Kier alpha value is -1.27. The predicted octanol–water partition coefficient (Wildman–Crippen LogP) is 3.62. The van der Waals surface area contributed by atoms with Crippen molar-refractivity contribution in [2.45, 2.75) is 10.6 Å². The van der Waals surface area contributed by atoms with Crippen LogP contribution < -0.4 is 5.73 Å². The van der Waals surface area contributed by atoms with E-state index in [1.807, 2.05) is 0 Å². The molecule has 6 heteroatoms. The highest BCUT2D eigenvalue weighted by atomic mass is 79.9. The molecule has 100 valence electrons. The summed E-state index contributed by atoms with van der Waals surface area (Å²) in [6.45, 7) is 0. The molecule has 2 N–H and O–H groups in total. The van der Waals surface area contributed by atoms with Gasteiger partial charge in [-0.3, -0.25) is 4.21 Å². The summed E-state index contributed by atoms with van der Waals surface area (Å²) < 4.78 is 39.4. The molecule has 0 amide bonds. The van der Waals surface area contributed by atoms with E-state index in [9.17, 15) is 13.0 Å². The first-order valence-corrected chi connectivity index (χ1v) is 7.46. The van der Waals surface area contributed by atoms with Crippen molar-refractivity contribution in [2.75, 3.05) is 5.73 Å². The lowest BCUT2D eigenvalue weighted by atomic mass is 10.2. The zero-order chi connectivity index (χ0) is 14.0. The molecule has 19 heavy (non-hydrogen) atoms. The first kappa shape index (κ1) is 14.1. The van der Waals surface area contributed by atoms with E-state index in [-0.39, 0.29) is 10.6 Å². The molecule has 0 aliphatic rings. The molecule has 0 aliphatic carbocycles. The van der Waals surface area contributed by atoms with Gasteiger partial charge in [0.05, 0.1) is 21.4 Å². The Balaban J connectivity index is 2.28. The molecular formula is C13H10BrF2NOS. The molecule has 0 bridgehead atoms. The summed E-state index contributed by atoms with van der Waals surface area (Å²) in [6.07, 6.45) is 0. The third-order valence-corrected chi connectivity index (χ3v) is 4.40. The van der Waals surface area contributed by atoms with Gasteiger partial charge in [0.2, 0.25) is 0 Å². The van der Waals surface area contributed by atoms with Crippen LogP contribution in [0.4, 0.5) is 14.5 Å². The van der Waals surface area contributed by atoms with E-state index in [2.05, 4.69) is 15.9 Å². The summed E-state index contributed by atoms with van der Waals surface area (Å²) in [5, 5.41) is 0. The Labute approximate surface area is 120 Å². The minimum atomic E-state index is -1.68. The molecule has 0 aromatic heterocycles. The summed E-state index contributed by atoms with van der Waals surface area (Å²) in [6, 6.07) is 8.03. The molecule has 0 spiro atoms. The lowest BCUT2D eigenvalue weighted by Gasteiger charge is -2.07. The summed E-state index contributed by atoms with van der Waals surface area (Å²) in [5.41, 5.74) is 6.87. The van der Waals surface area contributed by atoms with E-state index in [1.165, 1.54) is 0 Å². The van der Waals surface area contributed by atoms with E-state index in [1.54, 1.807) is 18.2 Å². The van der Waals surface area contributed by atoms with Crippen LogP contribution in [0.15, 0.2) is 45.8 Å². The van der Waals surface area contributed by atoms with Crippen LogP contribution >= 0.6 is 15.9 Å². The molecule has 0 aliphatic heterocycles. The van der Waals surface area contributed by atoms with Gasteiger partial charge in [-0.2, -0.15) is 0 Å². The third kappa shape index (κ3) is 3.39. The van der Waals surface area contributed by atoms with E-state index in [0.717, 1.165) is 22.7 Å². The summed E-state index contributed by atoms with van der Waals surface area (Å²) in [7, 11) is -1.68. The zero-order valence-corrected chi connectivity index (χ0v) is 12.1. The fraction of sp³-hybridized carbons (Fsp3) is 0.0769. The molecule has 2 nitrogen and oxygen atoms in total. The second-order valence-corrected chi connectivity index (χ2v) is 6.24. The number of hydrogen-bond donors (Lipinski definition) is 1. The molecule has 1 atom stereocenters. The van der Waals surface area contributed by atoms with Crippen molar-refractivity contribution < 1.29 is 13.0 Å². The second kappa shape index (κ2) is 5.79. The standard InChI is InChI=1S/C13H10BrF2NOS/c14-9-2-1-8(12(17)5-9)7-19(18)13-6-10(15)3-4-11(13)16/h1-6H,7,17H2. The molecular weight excluding hydrogens is 336 g/mol. The normalized spacial score (nSPS) is 12.4. The van der Waals surface area contributed by atoms with Gasteiger partial charge in [0.15, 0.2) is 0 Å². The van der Waals surface area contributed by atoms with Gasteiger partial charge in [-0.15, -0.1) is 0 Å². The Morgan fingerprint density at radius 2 is 1.89 bits per heavy atom. The lowest BCUT2D eigenvalue weighted by Crippen LogP contribution is -2.03. The van der Waals surface area contributed by atoms with Crippen LogP contribution in [0, 0.1) is 11.6 Å². The third-order valence-electron chi connectivity index (χ3n) is 2.53. The van der Waals surface area contributed by atoms with Gasteiger partial charge in [-0.1, -0.05) is 22.0 Å². The number of halogens is 3. The van der Waals surface area contributed by atoms with Gasteiger partial charge in [-0.25, -0.2) is 8.78 Å². The number of nitrogen functional groups attached to an aromatic ring is 1. The Morgan fingerprint density at radius 1 is 1.16 bits per heavy atom. The van der Waals surface area contributed by atoms with Gasteiger partial charge >= 0.3 is 0 Å². The number of benzene rings is 2. The van der Waals surface area contributed by atoms with Gasteiger partial charge in [0.25, 0.3) is 0 Å². The first-order valence-electron chi connectivity index (χ1n) is 5.34. The Bertz CT molecular complexity index is 649. The van der Waals surface area contributed by atoms with E-state index >= 15 is 0 Å². The predicted molar refractivity (Wildman–Crippen MR) is 75.0 cm³/mol. The van der Waals surface area contributed by atoms with Crippen LogP contribution in [-0.2, 0) is 16.6 Å². The molecule has 0 heterocycles. The monoisotopic (exact) mass is 345 g/mol. The average Bonchev–Trinajstić information content (AvgIpc) is 2.35. The van der Waals surface area contributed by atoms with E-state index < -0.39 is 22.4 Å². The van der Waals surface area contributed by atoms with E-state index in [0.29, 0.717) is 11.3 Å². The van der Waals surface area contributed by atoms with Gasteiger partial charge < -0.3 is 5.73 Å². The molecule has 2 rings (SSSR count). The smallest absolute Gasteiger partial charge is 0.139 e. The molecule has 2 aromatic rings. The average molecular weight is 346 g/mol. The zero-order valence-electron chi connectivity index (χ0n) is 9.70. The van der Waals surface area contributed by atoms with Gasteiger partial charge in [0, 0.05) is 10.2 Å². The van der Waals surface area contributed by atoms with Crippen LogP contribution in [0.5, 0.6) is 0 Å². The van der Waals surface area contributed by atoms with Crippen molar-refractivity contribution in [3.63, 3.8) is 0 Å². The van der Waals surface area contributed by atoms with Crippen LogP contribution in [0.25, 0.3) is 0 Å². The first-order chi connectivity index (χ1) is 8.97. The second-order valence-electron chi connectivity index (χ2n) is 3.91. The van der Waals surface area contributed by atoms with Crippen LogP contribution in [0.2, 0.25) is 0 Å². The molecule has 2 aromatic carbocycles. The molecule has 0 saturated heterocycles. The van der Waals surface area contributed by atoms with Crippen LogP contribution in [-0.4, -0.2) is 4.21 Å². The highest BCUT2D eigenvalue weighted by Crippen LogP contribution is 2.23. The maximum absolute atomic E-state index is 13.5. The summed E-state index contributed by atoms with van der Waals surface area (Å²) in [5.74, 6) is -1.26. The number of nitrogens with two attached hydrogens (primary N) is 1. The number of anilines is 1. The highest BCUT2D eigenvalue weighted by Gasteiger charge is 2.13. The van der Waals surface area contributed by atoms with Crippen molar-refractivity contribution >= 4 is 32.4 Å². The molecule has 0 saturated carbocycles. The highest BCUT2D eigenvalue weighted by molar-refractivity contribution is 9.10. The van der Waals surface area contributed by atoms with Crippen molar-refractivity contribution in [3.8, 4) is 0 Å². The van der Waals surface area contributed by atoms with Crippen LogP contribution in [0.1, 0.15) is 5.56 Å². The number of rotatable bonds is 3. The molecule has 0 radical (unpaired) electrons. The minimum absolute atomic E-state index is 0.0412. The Kier molecular flexibility index (Phi) is 4.31. The van der Waals surface area contributed by atoms with Crippen molar-refractivity contribution in [1.29, 1.82) is 0 Å². The minimum Gasteiger partial charge on any atom is -0.398 e.